The normalized spacial score (nSPS) is 10.6. The Morgan fingerprint density at radius 1 is 1.25 bits per heavy atom. The minimum absolute atomic E-state index is 0.141. The largest absolute Gasteiger partial charge is 0.384 e. The summed E-state index contributed by atoms with van der Waals surface area (Å²) in [6.45, 7) is 5.78. The SMILES string of the molecule is Cc1ncc(C(=O)Nc2ccc(N)nc2)c(C(C)C)n1. The summed E-state index contributed by atoms with van der Waals surface area (Å²) in [6, 6.07) is 3.33. The fraction of sp³-hybridized carbons (Fsp3) is 0.286. The summed E-state index contributed by atoms with van der Waals surface area (Å²) >= 11 is 0. The van der Waals surface area contributed by atoms with Gasteiger partial charge in [0.2, 0.25) is 0 Å². The Bertz CT molecular complexity index is 622. The summed E-state index contributed by atoms with van der Waals surface area (Å²) in [5.74, 6) is 0.950. The molecule has 6 heteroatoms. The van der Waals surface area contributed by atoms with E-state index in [1.54, 1.807) is 25.3 Å². The summed E-state index contributed by atoms with van der Waals surface area (Å²) in [6.07, 6.45) is 3.06. The molecule has 0 spiro atoms. The van der Waals surface area contributed by atoms with Crippen molar-refractivity contribution in [2.45, 2.75) is 26.7 Å². The first-order chi connectivity index (χ1) is 9.47. The summed E-state index contributed by atoms with van der Waals surface area (Å²) in [4.78, 5) is 24.6. The van der Waals surface area contributed by atoms with Crippen LogP contribution in [-0.4, -0.2) is 20.9 Å². The number of rotatable bonds is 3. The summed E-state index contributed by atoms with van der Waals surface area (Å²) in [5, 5.41) is 2.76. The number of amides is 1. The van der Waals surface area contributed by atoms with Crippen LogP contribution in [0.4, 0.5) is 11.5 Å². The first kappa shape index (κ1) is 13.9. The fourth-order valence-electron chi connectivity index (χ4n) is 1.78. The third-order valence-electron chi connectivity index (χ3n) is 2.77. The van der Waals surface area contributed by atoms with Crippen molar-refractivity contribution < 1.29 is 4.79 Å². The van der Waals surface area contributed by atoms with E-state index in [9.17, 15) is 4.79 Å². The molecule has 6 nitrogen and oxygen atoms in total. The van der Waals surface area contributed by atoms with E-state index in [-0.39, 0.29) is 11.8 Å². The van der Waals surface area contributed by atoms with E-state index in [0.29, 0.717) is 22.9 Å². The van der Waals surface area contributed by atoms with E-state index in [4.69, 9.17) is 5.73 Å². The second kappa shape index (κ2) is 5.64. The van der Waals surface area contributed by atoms with Crippen LogP contribution in [0.1, 0.15) is 41.6 Å². The topological polar surface area (TPSA) is 93.8 Å². The van der Waals surface area contributed by atoms with Crippen LogP contribution in [0.15, 0.2) is 24.5 Å². The number of hydrogen-bond donors (Lipinski definition) is 2. The number of nitrogens with zero attached hydrogens (tertiary/aromatic N) is 3. The average Bonchev–Trinajstić information content (AvgIpc) is 2.41. The van der Waals surface area contributed by atoms with E-state index < -0.39 is 0 Å². The molecule has 0 aliphatic rings. The highest BCUT2D eigenvalue weighted by atomic mass is 16.1. The molecule has 0 aromatic carbocycles. The number of aromatic nitrogens is 3. The molecule has 0 bridgehead atoms. The van der Waals surface area contributed by atoms with Crippen LogP contribution in [-0.2, 0) is 0 Å². The van der Waals surface area contributed by atoms with E-state index in [1.807, 2.05) is 13.8 Å². The Morgan fingerprint density at radius 2 is 2.00 bits per heavy atom. The third kappa shape index (κ3) is 3.09. The minimum atomic E-state index is -0.250. The maximum Gasteiger partial charge on any atom is 0.259 e. The van der Waals surface area contributed by atoms with Crippen molar-refractivity contribution in [1.29, 1.82) is 0 Å². The molecule has 0 radical (unpaired) electrons. The molecule has 0 aliphatic heterocycles. The molecule has 3 N–H and O–H groups in total. The lowest BCUT2D eigenvalue weighted by Gasteiger charge is -2.12. The van der Waals surface area contributed by atoms with Crippen LogP contribution in [0.25, 0.3) is 0 Å². The highest BCUT2D eigenvalue weighted by Crippen LogP contribution is 2.18. The predicted molar refractivity (Wildman–Crippen MR) is 77.5 cm³/mol. The number of nitrogen functional groups attached to an aromatic ring is 1. The monoisotopic (exact) mass is 271 g/mol. The number of nitrogens with one attached hydrogen (secondary N) is 1. The number of carbonyl (C=O) groups is 1. The highest BCUT2D eigenvalue weighted by molar-refractivity contribution is 6.04. The van der Waals surface area contributed by atoms with Gasteiger partial charge < -0.3 is 11.1 Å². The number of hydrogen-bond acceptors (Lipinski definition) is 5. The quantitative estimate of drug-likeness (QED) is 0.892. The van der Waals surface area contributed by atoms with Gasteiger partial charge in [-0.15, -0.1) is 0 Å². The van der Waals surface area contributed by atoms with Gasteiger partial charge >= 0.3 is 0 Å². The number of nitrogens with two attached hydrogens (primary N) is 1. The second-order valence-electron chi connectivity index (χ2n) is 4.80. The maximum absolute atomic E-state index is 12.3. The van der Waals surface area contributed by atoms with Gasteiger partial charge in [-0.05, 0) is 25.0 Å². The molecule has 0 aliphatic carbocycles. The fourth-order valence-corrected chi connectivity index (χ4v) is 1.78. The highest BCUT2D eigenvalue weighted by Gasteiger charge is 2.16. The minimum Gasteiger partial charge on any atom is -0.384 e. The molecule has 2 rings (SSSR count). The number of carbonyl (C=O) groups excluding carboxylic acids is 1. The zero-order valence-corrected chi connectivity index (χ0v) is 11.7. The van der Waals surface area contributed by atoms with Crippen LogP contribution < -0.4 is 11.1 Å². The molecule has 0 saturated heterocycles. The molecule has 0 atom stereocenters. The summed E-state index contributed by atoms with van der Waals surface area (Å²) < 4.78 is 0. The van der Waals surface area contributed by atoms with Crippen LogP contribution in [0, 0.1) is 6.92 Å². The smallest absolute Gasteiger partial charge is 0.259 e. The Labute approximate surface area is 117 Å². The van der Waals surface area contributed by atoms with Gasteiger partial charge in [0.15, 0.2) is 0 Å². The summed E-state index contributed by atoms with van der Waals surface area (Å²) in [7, 11) is 0. The van der Waals surface area contributed by atoms with Crippen LogP contribution in [0.3, 0.4) is 0 Å². The van der Waals surface area contributed by atoms with Crippen LogP contribution in [0.5, 0.6) is 0 Å². The molecule has 2 aromatic heterocycles. The van der Waals surface area contributed by atoms with Gasteiger partial charge in [-0.25, -0.2) is 15.0 Å². The number of pyridine rings is 1. The first-order valence-electron chi connectivity index (χ1n) is 6.34. The standard InChI is InChI=1S/C14H17N5O/c1-8(2)13-11(7-16-9(3)18-13)14(20)19-10-4-5-12(15)17-6-10/h4-8H,1-3H3,(H2,15,17)(H,19,20). The van der Waals surface area contributed by atoms with Gasteiger partial charge in [0.25, 0.3) is 5.91 Å². The van der Waals surface area contributed by atoms with E-state index in [1.165, 1.54) is 6.20 Å². The zero-order valence-electron chi connectivity index (χ0n) is 11.7. The Hall–Kier alpha value is -2.50. The van der Waals surface area contributed by atoms with Gasteiger partial charge in [0.05, 0.1) is 23.1 Å². The van der Waals surface area contributed by atoms with Crippen LogP contribution in [0.2, 0.25) is 0 Å². The summed E-state index contributed by atoms with van der Waals surface area (Å²) in [5.41, 5.74) is 7.30. The molecule has 20 heavy (non-hydrogen) atoms. The van der Waals surface area contributed by atoms with Crippen molar-refractivity contribution in [2.24, 2.45) is 0 Å². The van der Waals surface area contributed by atoms with Crippen molar-refractivity contribution in [3.8, 4) is 0 Å². The molecule has 0 saturated carbocycles. The van der Waals surface area contributed by atoms with E-state index in [2.05, 4.69) is 20.3 Å². The van der Waals surface area contributed by atoms with Gasteiger partial charge in [0.1, 0.15) is 11.6 Å². The number of aryl methyl sites for hydroxylation is 1. The molecular formula is C14H17N5O. The van der Waals surface area contributed by atoms with Gasteiger partial charge in [-0.3, -0.25) is 4.79 Å². The Morgan fingerprint density at radius 3 is 2.60 bits per heavy atom. The van der Waals surface area contributed by atoms with Crippen LogP contribution >= 0.6 is 0 Å². The Balaban J connectivity index is 2.27. The first-order valence-corrected chi connectivity index (χ1v) is 6.34. The predicted octanol–water partition coefficient (Wildman–Crippen LogP) is 2.14. The van der Waals surface area contributed by atoms with Gasteiger partial charge in [-0.2, -0.15) is 0 Å². The second-order valence-corrected chi connectivity index (χ2v) is 4.80. The lowest BCUT2D eigenvalue weighted by atomic mass is 10.0. The van der Waals surface area contributed by atoms with E-state index in [0.717, 1.165) is 5.69 Å². The van der Waals surface area contributed by atoms with E-state index >= 15 is 0 Å². The molecule has 2 aromatic rings. The maximum atomic E-state index is 12.3. The molecule has 1 amide bonds. The van der Waals surface area contributed by atoms with Crippen molar-refractivity contribution in [2.75, 3.05) is 11.1 Å². The molecule has 2 heterocycles. The molecule has 0 unspecified atom stereocenters. The average molecular weight is 271 g/mol. The number of anilines is 2. The third-order valence-corrected chi connectivity index (χ3v) is 2.77. The van der Waals surface area contributed by atoms with Crippen molar-refractivity contribution in [3.63, 3.8) is 0 Å². The van der Waals surface area contributed by atoms with Crippen molar-refractivity contribution in [3.05, 3.63) is 41.6 Å². The Kier molecular flexibility index (Phi) is 3.93. The lowest BCUT2D eigenvalue weighted by molar-refractivity contribution is 0.102. The zero-order chi connectivity index (χ0) is 14.7. The van der Waals surface area contributed by atoms with Gasteiger partial charge in [-0.1, -0.05) is 13.8 Å². The molecular weight excluding hydrogens is 254 g/mol. The lowest BCUT2D eigenvalue weighted by Crippen LogP contribution is -2.17. The molecule has 0 fully saturated rings. The van der Waals surface area contributed by atoms with Crippen molar-refractivity contribution in [1.82, 2.24) is 15.0 Å². The molecule has 104 valence electrons. The van der Waals surface area contributed by atoms with Crippen molar-refractivity contribution >= 4 is 17.4 Å². The van der Waals surface area contributed by atoms with Gasteiger partial charge in [0, 0.05) is 6.20 Å².